The van der Waals surface area contributed by atoms with Gasteiger partial charge in [-0.1, -0.05) is 12.2 Å². The van der Waals surface area contributed by atoms with Crippen molar-refractivity contribution in [3.63, 3.8) is 0 Å². The molecule has 6 atom stereocenters. The first-order chi connectivity index (χ1) is 6.79. The zero-order valence-corrected chi connectivity index (χ0v) is 7.35. The van der Waals surface area contributed by atoms with Crippen molar-refractivity contribution in [1.82, 2.24) is 0 Å². The molecular formula is C11H8FNO. The van der Waals surface area contributed by atoms with Crippen molar-refractivity contribution in [2.45, 2.75) is 12.2 Å². The third-order valence-corrected chi connectivity index (χ3v) is 4.21. The van der Waals surface area contributed by atoms with Crippen LogP contribution >= 0.6 is 0 Å². The van der Waals surface area contributed by atoms with E-state index in [4.69, 9.17) is 4.74 Å². The Bertz CT molecular complexity index is 435. The van der Waals surface area contributed by atoms with Gasteiger partial charge in [0.05, 0.1) is 23.7 Å². The molecule has 4 aliphatic rings. The minimum atomic E-state index is -0.457. The van der Waals surface area contributed by atoms with Gasteiger partial charge in [-0.15, -0.1) is 0 Å². The van der Waals surface area contributed by atoms with Gasteiger partial charge in [0.2, 0.25) is 0 Å². The first kappa shape index (κ1) is 7.19. The van der Waals surface area contributed by atoms with Gasteiger partial charge in [-0.3, -0.25) is 0 Å². The van der Waals surface area contributed by atoms with Crippen LogP contribution in [0.4, 0.5) is 4.39 Å². The molecule has 2 fully saturated rings. The van der Waals surface area contributed by atoms with Crippen molar-refractivity contribution in [2.75, 3.05) is 0 Å². The predicted octanol–water partition coefficient (Wildman–Crippen LogP) is 1.56. The smallest absolute Gasteiger partial charge is 0.102 e. The number of fused-ring (bicyclic) bond motifs is 5. The van der Waals surface area contributed by atoms with Crippen LogP contribution in [0.25, 0.3) is 0 Å². The van der Waals surface area contributed by atoms with Crippen LogP contribution in [0.2, 0.25) is 0 Å². The summed E-state index contributed by atoms with van der Waals surface area (Å²) in [7, 11) is 0. The van der Waals surface area contributed by atoms with Crippen molar-refractivity contribution in [3.05, 3.63) is 24.1 Å². The molecule has 2 heterocycles. The molecule has 2 nitrogen and oxygen atoms in total. The van der Waals surface area contributed by atoms with Gasteiger partial charge >= 0.3 is 0 Å². The molecule has 0 spiro atoms. The van der Waals surface area contributed by atoms with Gasteiger partial charge in [0, 0.05) is 17.8 Å². The summed E-state index contributed by atoms with van der Waals surface area (Å²) in [5.74, 6) is -0.212. The molecule has 2 aliphatic heterocycles. The van der Waals surface area contributed by atoms with Gasteiger partial charge in [0.15, 0.2) is 0 Å². The molecule has 0 N–H and O–H groups in total. The Balaban J connectivity index is 1.94. The average molecular weight is 189 g/mol. The highest BCUT2D eigenvalue weighted by atomic mass is 19.1. The van der Waals surface area contributed by atoms with Crippen molar-refractivity contribution in [1.29, 1.82) is 5.26 Å². The molecule has 0 aromatic heterocycles. The number of allylic oxidation sites excluding steroid dienone is 1. The van der Waals surface area contributed by atoms with E-state index >= 15 is 0 Å². The fourth-order valence-corrected chi connectivity index (χ4v) is 3.62. The minimum absolute atomic E-state index is 0.0136. The lowest BCUT2D eigenvalue weighted by molar-refractivity contribution is -0.0256. The van der Waals surface area contributed by atoms with Gasteiger partial charge in [-0.25, -0.2) is 4.39 Å². The summed E-state index contributed by atoms with van der Waals surface area (Å²) in [5.41, 5.74) is -0.457. The van der Waals surface area contributed by atoms with Crippen LogP contribution in [0.5, 0.6) is 0 Å². The van der Waals surface area contributed by atoms with E-state index in [2.05, 4.69) is 6.07 Å². The Labute approximate surface area is 80.7 Å². The molecule has 3 heteroatoms. The molecule has 2 bridgehead atoms. The Morgan fingerprint density at radius 1 is 1.43 bits per heavy atom. The van der Waals surface area contributed by atoms with E-state index in [1.807, 2.05) is 12.2 Å². The fourth-order valence-electron chi connectivity index (χ4n) is 3.62. The molecular weight excluding hydrogens is 181 g/mol. The Hall–Kier alpha value is -1.14. The van der Waals surface area contributed by atoms with Gasteiger partial charge in [-0.2, -0.15) is 5.26 Å². The van der Waals surface area contributed by atoms with E-state index in [-0.39, 0.29) is 35.8 Å². The predicted molar refractivity (Wildman–Crippen MR) is 45.5 cm³/mol. The highest BCUT2D eigenvalue weighted by Gasteiger charge is 2.79. The van der Waals surface area contributed by atoms with E-state index in [9.17, 15) is 9.65 Å². The fraction of sp³-hybridized carbons (Fsp3) is 0.545. The Morgan fingerprint density at radius 3 is 3.00 bits per heavy atom. The summed E-state index contributed by atoms with van der Waals surface area (Å²) in [4.78, 5) is 0. The monoisotopic (exact) mass is 189 g/mol. The summed E-state index contributed by atoms with van der Waals surface area (Å²) in [6.07, 6.45) is 5.50. The number of halogens is 1. The summed E-state index contributed by atoms with van der Waals surface area (Å²) in [5, 5.41) is 9.22. The Kier molecular flexibility index (Phi) is 0.926. The van der Waals surface area contributed by atoms with Crippen molar-refractivity contribution in [3.8, 4) is 6.07 Å². The molecule has 1 saturated heterocycles. The summed E-state index contributed by atoms with van der Waals surface area (Å²) in [6, 6.07) is 2.34. The number of ether oxygens (including phenoxy) is 1. The van der Waals surface area contributed by atoms with Crippen LogP contribution < -0.4 is 0 Å². The van der Waals surface area contributed by atoms with Gasteiger partial charge in [0.25, 0.3) is 0 Å². The number of rotatable bonds is 0. The first-order valence-corrected chi connectivity index (χ1v) is 4.91. The normalized spacial score (nSPS) is 60.6. The lowest BCUT2D eigenvalue weighted by Gasteiger charge is -2.30. The van der Waals surface area contributed by atoms with Crippen LogP contribution in [0.3, 0.4) is 0 Å². The SMILES string of the molecule is N#C[C@]12C3C(F)=CC1[C@@H]1C=C[C@@H](O1)C32. The lowest BCUT2D eigenvalue weighted by Crippen LogP contribution is -2.35. The van der Waals surface area contributed by atoms with Crippen molar-refractivity contribution >= 4 is 0 Å². The highest BCUT2D eigenvalue weighted by Crippen LogP contribution is 2.76. The number of hydrogen-bond acceptors (Lipinski definition) is 2. The van der Waals surface area contributed by atoms with Crippen LogP contribution in [0.1, 0.15) is 0 Å². The molecule has 0 aromatic rings. The molecule has 14 heavy (non-hydrogen) atoms. The van der Waals surface area contributed by atoms with Crippen LogP contribution in [0.15, 0.2) is 24.1 Å². The van der Waals surface area contributed by atoms with Crippen LogP contribution in [-0.4, -0.2) is 12.2 Å². The van der Waals surface area contributed by atoms with Crippen LogP contribution in [-0.2, 0) is 4.74 Å². The van der Waals surface area contributed by atoms with Gasteiger partial charge < -0.3 is 4.74 Å². The maximum absolute atomic E-state index is 13.5. The van der Waals surface area contributed by atoms with E-state index in [1.54, 1.807) is 6.08 Å². The lowest BCUT2D eigenvalue weighted by atomic mass is 9.84. The number of nitriles is 1. The summed E-state index contributed by atoms with van der Waals surface area (Å²) >= 11 is 0. The van der Waals surface area contributed by atoms with E-state index in [1.165, 1.54) is 0 Å². The zero-order chi connectivity index (χ0) is 9.50. The van der Waals surface area contributed by atoms with E-state index < -0.39 is 5.41 Å². The molecule has 2 aliphatic carbocycles. The quantitative estimate of drug-likeness (QED) is 0.542. The van der Waals surface area contributed by atoms with Crippen molar-refractivity contribution in [2.24, 2.45) is 23.2 Å². The number of hydrogen-bond donors (Lipinski definition) is 0. The van der Waals surface area contributed by atoms with Crippen LogP contribution in [0, 0.1) is 34.5 Å². The summed E-state index contributed by atoms with van der Waals surface area (Å²) < 4.78 is 19.2. The van der Waals surface area contributed by atoms with Crippen molar-refractivity contribution < 1.29 is 9.13 Å². The number of nitrogens with zero attached hydrogens (tertiary/aromatic N) is 1. The molecule has 1 saturated carbocycles. The second-order valence-electron chi connectivity index (χ2n) is 4.58. The molecule has 70 valence electrons. The molecule has 4 rings (SSSR count). The first-order valence-electron chi connectivity index (χ1n) is 4.91. The zero-order valence-electron chi connectivity index (χ0n) is 7.35. The third kappa shape index (κ3) is 0.481. The molecule has 0 amide bonds. The Morgan fingerprint density at radius 2 is 2.21 bits per heavy atom. The largest absolute Gasteiger partial charge is 0.366 e. The van der Waals surface area contributed by atoms with Gasteiger partial charge in [-0.05, 0) is 6.08 Å². The van der Waals surface area contributed by atoms with Gasteiger partial charge in [0.1, 0.15) is 5.83 Å². The maximum atomic E-state index is 13.5. The average Bonchev–Trinajstić information content (AvgIpc) is 2.52. The second-order valence-corrected chi connectivity index (χ2v) is 4.58. The molecule has 3 unspecified atom stereocenters. The second kappa shape index (κ2) is 1.80. The molecule has 0 aromatic carbocycles. The highest BCUT2D eigenvalue weighted by molar-refractivity contribution is 5.46. The third-order valence-electron chi connectivity index (χ3n) is 4.21. The van der Waals surface area contributed by atoms with E-state index in [0.29, 0.717) is 0 Å². The summed E-state index contributed by atoms with van der Waals surface area (Å²) in [6.45, 7) is 0. The van der Waals surface area contributed by atoms with E-state index in [0.717, 1.165) is 0 Å². The molecule has 0 radical (unpaired) electrons. The maximum Gasteiger partial charge on any atom is 0.102 e. The standard InChI is InChI=1S/C11H8FNO/c12-6-3-5-7-1-2-8(14-7)10-9(6)11(5,10)4-13/h1-3,5,7-10H/t5?,7-,8+,9?,10?,11+/m0/s1. The topological polar surface area (TPSA) is 33.0 Å². The minimum Gasteiger partial charge on any atom is -0.366 e.